The van der Waals surface area contributed by atoms with E-state index >= 15 is 0 Å². The highest BCUT2D eigenvalue weighted by molar-refractivity contribution is 9.10. The van der Waals surface area contributed by atoms with Crippen LogP contribution in [-0.2, 0) is 0 Å². The summed E-state index contributed by atoms with van der Waals surface area (Å²) in [4.78, 5) is 20.4. The van der Waals surface area contributed by atoms with Gasteiger partial charge < -0.3 is 4.74 Å². The Morgan fingerprint density at radius 3 is 2.67 bits per heavy atom. The summed E-state index contributed by atoms with van der Waals surface area (Å²) in [6.07, 6.45) is 2.97. The molecule has 18 heavy (non-hydrogen) atoms. The van der Waals surface area contributed by atoms with Crippen LogP contribution in [-0.4, -0.2) is 22.9 Å². The van der Waals surface area contributed by atoms with Crippen molar-refractivity contribution in [1.29, 1.82) is 0 Å². The molecule has 0 bridgehead atoms. The maximum absolute atomic E-state index is 12.4. The lowest BCUT2D eigenvalue weighted by atomic mass is 10.0. The van der Waals surface area contributed by atoms with E-state index in [9.17, 15) is 4.79 Å². The van der Waals surface area contributed by atoms with Crippen molar-refractivity contribution in [2.45, 2.75) is 6.92 Å². The molecule has 0 spiro atoms. The number of rotatable bonds is 3. The lowest BCUT2D eigenvalue weighted by Crippen LogP contribution is -2.09. The van der Waals surface area contributed by atoms with Crippen molar-refractivity contribution < 1.29 is 9.53 Å². The topological polar surface area (TPSA) is 52.1 Å². The van der Waals surface area contributed by atoms with Crippen LogP contribution in [0.3, 0.4) is 0 Å². The largest absolute Gasteiger partial charge is 0.479 e. The van der Waals surface area contributed by atoms with Crippen LogP contribution < -0.4 is 4.74 Å². The highest BCUT2D eigenvalue weighted by Crippen LogP contribution is 2.21. The molecule has 0 radical (unpaired) electrons. The van der Waals surface area contributed by atoms with Crippen molar-refractivity contribution in [3.05, 3.63) is 51.9 Å². The Labute approximate surface area is 113 Å². The summed E-state index contributed by atoms with van der Waals surface area (Å²) in [7, 11) is 1.47. The molecule has 0 fully saturated rings. The molecular weight excluding hydrogens is 296 g/mol. The first kappa shape index (κ1) is 12.7. The summed E-state index contributed by atoms with van der Waals surface area (Å²) in [6.45, 7) is 1.88. The maximum atomic E-state index is 12.4. The molecule has 2 aromatic rings. The van der Waals surface area contributed by atoms with E-state index in [1.807, 2.05) is 19.1 Å². The molecule has 0 aliphatic heterocycles. The number of aryl methyl sites for hydroxylation is 1. The van der Waals surface area contributed by atoms with Crippen molar-refractivity contribution in [1.82, 2.24) is 9.97 Å². The van der Waals surface area contributed by atoms with Crippen LogP contribution in [0.25, 0.3) is 0 Å². The van der Waals surface area contributed by atoms with Gasteiger partial charge in [-0.05, 0) is 30.7 Å². The first-order chi connectivity index (χ1) is 8.63. The van der Waals surface area contributed by atoms with E-state index in [1.54, 1.807) is 6.07 Å². The molecule has 0 saturated carbocycles. The molecule has 1 heterocycles. The fourth-order valence-corrected chi connectivity index (χ4v) is 2.12. The van der Waals surface area contributed by atoms with Crippen molar-refractivity contribution in [3.8, 4) is 5.88 Å². The fraction of sp³-hybridized carbons (Fsp3) is 0.154. The molecule has 0 atom stereocenters. The van der Waals surface area contributed by atoms with Crippen LogP contribution in [0.1, 0.15) is 21.6 Å². The smallest absolute Gasteiger partial charge is 0.243 e. The molecule has 1 aromatic carbocycles. The molecule has 0 aliphatic rings. The number of ketones is 1. The number of halogens is 1. The lowest BCUT2D eigenvalue weighted by molar-refractivity contribution is 0.102. The number of methoxy groups -OCH3 is 1. The van der Waals surface area contributed by atoms with Gasteiger partial charge in [0, 0.05) is 22.4 Å². The Bertz CT molecular complexity index is 599. The molecule has 0 saturated heterocycles. The van der Waals surface area contributed by atoms with Gasteiger partial charge >= 0.3 is 0 Å². The molecule has 2 rings (SSSR count). The third kappa shape index (κ3) is 2.41. The Morgan fingerprint density at radius 1 is 1.28 bits per heavy atom. The van der Waals surface area contributed by atoms with E-state index in [2.05, 4.69) is 25.9 Å². The normalized spacial score (nSPS) is 10.2. The Morgan fingerprint density at radius 2 is 2.00 bits per heavy atom. The van der Waals surface area contributed by atoms with Crippen LogP contribution in [0, 0.1) is 6.92 Å². The number of benzene rings is 1. The molecule has 4 nitrogen and oxygen atoms in total. The van der Waals surface area contributed by atoms with Crippen LogP contribution in [0.15, 0.2) is 35.1 Å². The minimum atomic E-state index is -0.190. The van der Waals surface area contributed by atoms with Gasteiger partial charge in [0.2, 0.25) is 11.7 Å². The average Bonchev–Trinajstić information content (AvgIpc) is 2.38. The molecular formula is C13H11BrN2O2. The van der Waals surface area contributed by atoms with Crippen LogP contribution >= 0.6 is 15.9 Å². The number of hydrogen-bond acceptors (Lipinski definition) is 4. The van der Waals surface area contributed by atoms with E-state index < -0.39 is 0 Å². The molecule has 92 valence electrons. The SMILES string of the molecule is COc1nccnc1C(=O)c1ccc(Br)cc1C. The van der Waals surface area contributed by atoms with Gasteiger partial charge in [0.25, 0.3) is 0 Å². The van der Waals surface area contributed by atoms with E-state index in [1.165, 1.54) is 19.5 Å². The summed E-state index contributed by atoms with van der Waals surface area (Å²) in [5, 5.41) is 0. The van der Waals surface area contributed by atoms with Crippen LogP contribution in [0.4, 0.5) is 0 Å². The standard InChI is InChI=1S/C13H11BrN2O2/c1-8-7-9(14)3-4-10(8)12(17)11-13(18-2)16-6-5-15-11/h3-7H,1-2H3. The third-order valence-electron chi connectivity index (χ3n) is 2.51. The maximum Gasteiger partial charge on any atom is 0.243 e. The number of aromatic nitrogens is 2. The summed E-state index contributed by atoms with van der Waals surface area (Å²) < 4.78 is 5.98. The first-order valence-corrected chi connectivity index (χ1v) is 6.08. The van der Waals surface area contributed by atoms with Crippen LogP contribution in [0.5, 0.6) is 5.88 Å². The second-order valence-electron chi connectivity index (χ2n) is 3.70. The zero-order valence-corrected chi connectivity index (χ0v) is 11.6. The van der Waals surface area contributed by atoms with Gasteiger partial charge in [0.15, 0.2) is 5.69 Å². The van der Waals surface area contributed by atoms with Crippen molar-refractivity contribution in [3.63, 3.8) is 0 Å². The van der Waals surface area contributed by atoms with Crippen LogP contribution in [0.2, 0.25) is 0 Å². The Hall–Kier alpha value is -1.75. The fourth-order valence-electron chi connectivity index (χ4n) is 1.64. The van der Waals surface area contributed by atoms with E-state index in [0.717, 1.165) is 10.0 Å². The average molecular weight is 307 g/mol. The van der Waals surface area contributed by atoms with Crippen molar-refractivity contribution in [2.75, 3.05) is 7.11 Å². The molecule has 0 N–H and O–H groups in total. The minimum absolute atomic E-state index is 0.190. The summed E-state index contributed by atoms with van der Waals surface area (Å²) in [5.74, 6) is 0.0507. The van der Waals surface area contributed by atoms with E-state index in [0.29, 0.717) is 5.56 Å². The minimum Gasteiger partial charge on any atom is -0.479 e. The number of nitrogens with zero attached hydrogens (tertiary/aromatic N) is 2. The second kappa shape index (κ2) is 5.27. The summed E-state index contributed by atoms with van der Waals surface area (Å²) in [6, 6.07) is 5.47. The Kier molecular flexibility index (Phi) is 3.72. The second-order valence-corrected chi connectivity index (χ2v) is 4.62. The van der Waals surface area contributed by atoms with Gasteiger partial charge in [0.1, 0.15) is 0 Å². The monoisotopic (exact) mass is 306 g/mol. The van der Waals surface area contributed by atoms with Gasteiger partial charge in [-0.3, -0.25) is 4.79 Å². The summed E-state index contributed by atoms with van der Waals surface area (Å²) in [5.41, 5.74) is 1.70. The highest BCUT2D eigenvalue weighted by Gasteiger charge is 2.18. The zero-order valence-electron chi connectivity index (χ0n) is 9.98. The molecule has 0 unspecified atom stereocenters. The Balaban J connectivity index is 2.48. The van der Waals surface area contributed by atoms with Gasteiger partial charge in [-0.2, -0.15) is 0 Å². The highest BCUT2D eigenvalue weighted by atomic mass is 79.9. The van der Waals surface area contributed by atoms with E-state index in [-0.39, 0.29) is 17.4 Å². The van der Waals surface area contributed by atoms with Gasteiger partial charge in [-0.15, -0.1) is 0 Å². The number of carbonyl (C=O) groups excluding carboxylic acids is 1. The predicted octanol–water partition coefficient (Wildman–Crippen LogP) is 2.79. The van der Waals surface area contributed by atoms with Gasteiger partial charge in [-0.25, -0.2) is 9.97 Å². The molecule has 1 aromatic heterocycles. The lowest BCUT2D eigenvalue weighted by Gasteiger charge is -2.07. The summed E-state index contributed by atoms with van der Waals surface area (Å²) >= 11 is 3.37. The van der Waals surface area contributed by atoms with Crippen molar-refractivity contribution >= 4 is 21.7 Å². The molecule has 0 aliphatic carbocycles. The third-order valence-corrected chi connectivity index (χ3v) is 3.00. The molecule has 5 heteroatoms. The predicted molar refractivity (Wildman–Crippen MR) is 70.9 cm³/mol. The van der Waals surface area contributed by atoms with Gasteiger partial charge in [-0.1, -0.05) is 15.9 Å². The number of ether oxygens (including phenoxy) is 1. The number of carbonyl (C=O) groups is 1. The van der Waals surface area contributed by atoms with Gasteiger partial charge in [0.05, 0.1) is 7.11 Å². The zero-order chi connectivity index (χ0) is 13.1. The first-order valence-electron chi connectivity index (χ1n) is 5.29. The number of hydrogen-bond donors (Lipinski definition) is 0. The quantitative estimate of drug-likeness (QED) is 0.818. The molecule has 0 amide bonds. The van der Waals surface area contributed by atoms with E-state index in [4.69, 9.17) is 4.74 Å². The van der Waals surface area contributed by atoms with Crippen molar-refractivity contribution in [2.24, 2.45) is 0 Å².